The molecule has 0 amide bonds. The van der Waals surface area contributed by atoms with Crippen molar-refractivity contribution in [1.82, 2.24) is 0 Å². The fourth-order valence-corrected chi connectivity index (χ4v) is 3.27. The van der Waals surface area contributed by atoms with Crippen LogP contribution < -0.4 is 0 Å². The molecule has 20 heavy (non-hydrogen) atoms. The van der Waals surface area contributed by atoms with E-state index in [2.05, 4.69) is 15.9 Å². The molecule has 0 fully saturated rings. The molecule has 0 aliphatic heterocycles. The SMILES string of the molecule is CS(=O)(=O)c1ccc(C(Br)c2ccc(Cl)c(Cl)c2)cc1. The Hall–Kier alpha value is -0.550. The van der Waals surface area contributed by atoms with Crippen LogP contribution in [0.4, 0.5) is 0 Å². The lowest BCUT2D eigenvalue weighted by atomic mass is 10.1. The van der Waals surface area contributed by atoms with Gasteiger partial charge in [-0.2, -0.15) is 0 Å². The molecule has 0 saturated heterocycles. The quantitative estimate of drug-likeness (QED) is 0.696. The molecule has 0 N–H and O–H groups in total. The van der Waals surface area contributed by atoms with Crippen molar-refractivity contribution >= 4 is 49.0 Å². The number of hydrogen-bond donors (Lipinski definition) is 0. The van der Waals surface area contributed by atoms with E-state index in [1.54, 1.807) is 36.4 Å². The van der Waals surface area contributed by atoms with Crippen LogP contribution in [0.15, 0.2) is 47.4 Å². The summed E-state index contributed by atoms with van der Waals surface area (Å²) in [5.74, 6) is 0. The average Bonchev–Trinajstić information content (AvgIpc) is 2.40. The van der Waals surface area contributed by atoms with Crippen molar-refractivity contribution in [3.8, 4) is 0 Å². The highest BCUT2D eigenvalue weighted by atomic mass is 79.9. The number of halogens is 3. The van der Waals surface area contributed by atoms with Gasteiger partial charge < -0.3 is 0 Å². The van der Waals surface area contributed by atoms with Crippen LogP contribution >= 0.6 is 39.1 Å². The molecular weight excluding hydrogens is 383 g/mol. The first-order valence-electron chi connectivity index (χ1n) is 5.68. The molecule has 2 rings (SSSR count). The summed E-state index contributed by atoms with van der Waals surface area (Å²) >= 11 is 15.5. The van der Waals surface area contributed by atoms with Crippen LogP contribution in [0.2, 0.25) is 10.0 Å². The summed E-state index contributed by atoms with van der Waals surface area (Å²) in [6, 6.07) is 12.1. The van der Waals surface area contributed by atoms with E-state index >= 15 is 0 Å². The van der Waals surface area contributed by atoms with Gasteiger partial charge in [0.25, 0.3) is 0 Å². The van der Waals surface area contributed by atoms with E-state index in [-0.39, 0.29) is 4.83 Å². The summed E-state index contributed by atoms with van der Waals surface area (Å²) in [6.45, 7) is 0. The van der Waals surface area contributed by atoms with Crippen molar-refractivity contribution < 1.29 is 8.42 Å². The molecule has 6 heteroatoms. The second-order valence-electron chi connectivity index (χ2n) is 4.38. The minimum Gasteiger partial charge on any atom is -0.224 e. The molecule has 2 nitrogen and oxygen atoms in total. The fourth-order valence-electron chi connectivity index (χ4n) is 1.75. The monoisotopic (exact) mass is 392 g/mol. The molecule has 0 aliphatic carbocycles. The molecule has 0 aromatic heterocycles. The Bertz CT molecular complexity index is 727. The zero-order valence-corrected chi connectivity index (χ0v) is 14.4. The van der Waals surface area contributed by atoms with Gasteiger partial charge in [0.15, 0.2) is 9.84 Å². The van der Waals surface area contributed by atoms with Crippen molar-refractivity contribution in [2.75, 3.05) is 6.26 Å². The van der Waals surface area contributed by atoms with Gasteiger partial charge in [-0.3, -0.25) is 0 Å². The Morgan fingerprint density at radius 1 is 0.950 bits per heavy atom. The summed E-state index contributed by atoms with van der Waals surface area (Å²) in [5.41, 5.74) is 1.89. The average molecular weight is 394 g/mol. The van der Waals surface area contributed by atoms with Crippen LogP contribution in [0.1, 0.15) is 16.0 Å². The van der Waals surface area contributed by atoms with Gasteiger partial charge in [0.1, 0.15) is 0 Å². The minimum absolute atomic E-state index is 0.0779. The molecule has 0 aliphatic rings. The molecule has 2 aromatic carbocycles. The third-order valence-electron chi connectivity index (χ3n) is 2.84. The van der Waals surface area contributed by atoms with Gasteiger partial charge in [-0.25, -0.2) is 8.42 Å². The van der Waals surface area contributed by atoms with E-state index in [9.17, 15) is 8.42 Å². The fraction of sp³-hybridized carbons (Fsp3) is 0.143. The Morgan fingerprint density at radius 3 is 2.00 bits per heavy atom. The maximum atomic E-state index is 11.4. The summed E-state index contributed by atoms with van der Waals surface area (Å²) in [7, 11) is -3.18. The van der Waals surface area contributed by atoms with Crippen LogP contribution in [0, 0.1) is 0 Å². The van der Waals surface area contributed by atoms with Gasteiger partial charge in [-0.05, 0) is 35.4 Å². The van der Waals surface area contributed by atoms with Crippen LogP contribution in [0.3, 0.4) is 0 Å². The zero-order valence-electron chi connectivity index (χ0n) is 10.5. The molecule has 0 bridgehead atoms. The van der Waals surface area contributed by atoms with E-state index in [1.807, 2.05) is 6.07 Å². The van der Waals surface area contributed by atoms with Crippen LogP contribution in [-0.2, 0) is 9.84 Å². The maximum absolute atomic E-state index is 11.4. The number of benzene rings is 2. The normalized spacial score (nSPS) is 13.2. The molecule has 106 valence electrons. The Labute approximate surface area is 136 Å². The van der Waals surface area contributed by atoms with Crippen LogP contribution in [0.25, 0.3) is 0 Å². The van der Waals surface area contributed by atoms with Gasteiger partial charge >= 0.3 is 0 Å². The molecule has 1 atom stereocenters. The molecule has 2 aromatic rings. The molecular formula is C14H11BrCl2O2S. The summed E-state index contributed by atoms with van der Waals surface area (Å²) in [6.07, 6.45) is 1.19. The number of sulfone groups is 1. The first-order valence-corrected chi connectivity index (χ1v) is 9.24. The number of alkyl halides is 1. The summed E-state index contributed by atoms with van der Waals surface area (Å²) in [5, 5.41) is 0.990. The second kappa shape index (κ2) is 6.06. The zero-order chi connectivity index (χ0) is 14.9. The highest BCUT2D eigenvalue weighted by Crippen LogP contribution is 2.34. The highest BCUT2D eigenvalue weighted by molar-refractivity contribution is 9.09. The Kier molecular flexibility index (Phi) is 4.80. The summed E-state index contributed by atoms with van der Waals surface area (Å²) < 4.78 is 22.8. The highest BCUT2D eigenvalue weighted by Gasteiger charge is 2.13. The Morgan fingerprint density at radius 2 is 1.50 bits per heavy atom. The van der Waals surface area contributed by atoms with Crippen molar-refractivity contribution in [2.45, 2.75) is 9.72 Å². The van der Waals surface area contributed by atoms with Crippen molar-refractivity contribution in [1.29, 1.82) is 0 Å². The number of rotatable bonds is 3. The van der Waals surface area contributed by atoms with E-state index in [1.165, 1.54) is 6.26 Å². The van der Waals surface area contributed by atoms with Gasteiger partial charge in [-0.15, -0.1) is 0 Å². The first kappa shape index (κ1) is 15.8. The van der Waals surface area contributed by atoms with Crippen molar-refractivity contribution in [3.05, 3.63) is 63.6 Å². The maximum Gasteiger partial charge on any atom is 0.175 e. The van der Waals surface area contributed by atoms with E-state index in [4.69, 9.17) is 23.2 Å². The molecule has 1 unspecified atom stereocenters. The molecule has 0 spiro atoms. The Balaban J connectivity index is 2.33. The van der Waals surface area contributed by atoms with Gasteiger partial charge in [0, 0.05) is 6.26 Å². The third kappa shape index (κ3) is 3.55. The van der Waals surface area contributed by atoms with Crippen molar-refractivity contribution in [3.63, 3.8) is 0 Å². The van der Waals surface area contributed by atoms with E-state index in [0.717, 1.165) is 11.1 Å². The van der Waals surface area contributed by atoms with E-state index in [0.29, 0.717) is 14.9 Å². The molecule has 0 heterocycles. The van der Waals surface area contributed by atoms with Crippen LogP contribution in [0.5, 0.6) is 0 Å². The lowest BCUT2D eigenvalue weighted by Gasteiger charge is -2.12. The topological polar surface area (TPSA) is 34.1 Å². The predicted octanol–water partition coefficient (Wildman–Crippen LogP) is 4.88. The van der Waals surface area contributed by atoms with Gasteiger partial charge in [0.2, 0.25) is 0 Å². The second-order valence-corrected chi connectivity index (χ2v) is 8.12. The van der Waals surface area contributed by atoms with Crippen LogP contribution in [-0.4, -0.2) is 14.7 Å². The minimum atomic E-state index is -3.18. The lowest BCUT2D eigenvalue weighted by Crippen LogP contribution is -1.98. The largest absolute Gasteiger partial charge is 0.224 e. The first-order chi connectivity index (χ1) is 9.29. The molecule has 0 radical (unpaired) electrons. The summed E-state index contributed by atoms with van der Waals surface area (Å²) in [4.78, 5) is 0.223. The lowest BCUT2D eigenvalue weighted by molar-refractivity contribution is 0.602. The standard InChI is InChI=1S/C14H11BrCl2O2S/c1-20(18,19)11-5-2-9(3-6-11)14(15)10-4-7-12(16)13(17)8-10/h2-8,14H,1H3. The predicted molar refractivity (Wildman–Crippen MR) is 86.8 cm³/mol. The van der Waals surface area contributed by atoms with Crippen molar-refractivity contribution in [2.24, 2.45) is 0 Å². The van der Waals surface area contributed by atoms with Gasteiger partial charge in [0.05, 0.1) is 19.8 Å². The molecule has 0 saturated carbocycles. The van der Waals surface area contributed by atoms with Gasteiger partial charge in [-0.1, -0.05) is 57.3 Å². The van der Waals surface area contributed by atoms with E-state index < -0.39 is 9.84 Å². The smallest absolute Gasteiger partial charge is 0.175 e. The third-order valence-corrected chi connectivity index (χ3v) is 5.76. The number of hydrogen-bond acceptors (Lipinski definition) is 2.